The zero-order valence-electron chi connectivity index (χ0n) is 20.5. The van der Waals surface area contributed by atoms with Gasteiger partial charge in [0.1, 0.15) is 17.9 Å². The molecule has 0 aromatic heterocycles. The highest BCUT2D eigenvalue weighted by Crippen LogP contribution is 2.34. The number of ether oxygens (including phenoxy) is 3. The molecule has 3 atom stereocenters. The molecule has 0 aliphatic carbocycles. The Kier molecular flexibility index (Phi) is 7.36. The van der Waals surface area contributed by atoms with Crippen LogP contribution in [0.3, 0.4) is 0 Å². The number of amides is 3. The van der Waals surface area contributed by atoms with Gasteiger partial charge in [-0.25, -0.2) is 14.5 Å². The molecule has 2 heterocycles. The summed E-state index contributed by atoms with van der Waals surface area (Å²) in [5.74, 6) is -0.726. The van der Waals surface area contributed by atoms with E-state index in [0.717, 1.165) is 5.56 Å². The summed E-state index contributed by atoms with van der Waals surface area (Å²) in [7, 11) is 0. The predicted molar refractivity (Wildman–Crippen MR) is 122 cm³/mol. The van der Waals surface area contributed by atoms with Gasteiger partial charge in [0.05, 0.1) is 18.7 Å². The minimum atomic E-state index is -0.850. The molecule has 1 aromatic carbocycles. The van der Waals surface area contributed by atoms with Crippen molar-refractivity contribution in [3.05, 3.63) is 35.9 Å². The highest BCUT2D eigenvalue weighted by atomic mass is 16.6. The number of nitrogens with zero attached hydrogens (tertiary/aromatic N) is 2. The van der Waals surface area contributed by atoms with Crippen LogP contribution in [0.5, 0.6) is 0 Å². The summed E-state index contributed by atoms with van der Waals surface area (Å²) < 4.78 is 16.7. The van der Waals surface area contributed by atoms with Crippen molar-refractivity contribution in [2.45, 2.75) is 84.2 Å². The number of cyclic esters (lactones) is 1. The van der Waals surface area contributed by atoms with Crippen LogP contribution in [-0.2, 0) is 25.4 Å². The molecule has 8 heteroatoms. The Morgan fingerprint density at radius 3 is 2.42 bits per heavy atom. The van der Waals surface area contributed by atoms with Crippen LogP contribution in [0, 0.1) is 5.92 Å². The Labute approximate surface area is 196 Å². The van der Waals surface area contributed by atoms with E-state index < -0.39 is 29.4 Å². The quantitative estimate of drug-likeness (QED) is 0.627. The second kappa shape index (κ2) is 9.71. The molecule has 2 aliphatic rings. The molecule has 2 fully saturated rings. The van der Waals surface area contributed by atoms with Gasteiger partial charge >= 0.3 is 12.2 Å². The van der Waals surface area contributed by atoms with Gasteiger partial charge in [-0.15, -0.1) is 0 Å². The number of hydrogen-bond donors (Lipinski definition) is 0. The fraction of sp³-hybridized carbons (Fsp3) is 0.640. The Morgan fingerprint density at radius 1 is 1.15 bits per heavy atom. The molecule has 0 saturated carbocycles. The third-order valence-electron chi connectivity index (χ3n) is 6.08. The van der Waals surface area contributed by atoms with E-state index in [1.165, 1.54) is 4.90 Å². The van der Waals surface area contributed by atoms with Crippen molar-refractivity contribution in [2.75, 3.05) is 13.2 Å². The molecule has 0 radical (unpaired) electrons. The van der Waals surface area contributed by atoms with Crippen LogP contribution in [0.25, 0.3) is 0 Å². The molecule has 0 N–H and O–H groups in total. The Hall–Kier alpha value is -2.61. The maximum atomic E-state index is 13.5. The summed E-state index contributed by atoms with van der Waals surface area (Å²) in [6.07, 6.45) is 0.365. The number of benzene rings is 1. The predicted octanol–water partition coefficient (Wildman–Crippen LogP) is 4.36. The van der Waals surface area contributed by atoms with Gasteiger partial charge in [-0.3, -0.25) is 9.69 Å². The summed E-state index contributed by atoms with van der Waals surface area (Å²) in [5, 5.41) is 0. The first-order chi connectivity index (χ1) is 15.4. The van der Waals surface area contributed by atoms with Crippen LogP contribution in [-0.4, -0.2) is 64.5 Å². The van der Waals surface area contributed by atoms with E-state index in [9.17, 15) is 14.4 Å². The van der Waals surface area contributed by atoms with E-state index in [2.05, 4.69) is 0 Å². The largest absolute Gasteiger partial charge is 0.447 e. The second-order valence-corrected chi connectivity index (χ2v) is 10.2. The molecule has 8 nitrogen and oxygen atoms in total. The molecule has 1 aromatic rings. The first-order valence-electron chi connectivity index (χ1n) is 11.6. The minimum absolute atomic E-state index is 0.180. The Bertz CT molecular complexity index is 863. The highest BCUT2D eigenvalue weighted by molar-refractivity contribution is 5.94. The van der Waals surface area contributed by atoms with Gasteiger partial charge in [-0.05, 0) is 59.4 Å². The number of rotatable bonds is 6. The summed E-state index contributed by atoms with van der Waals surface area (Å²) in [4.78, 5) is 41.8. The van der Waals surface area contributed by atoms with Gasteiger partial charge in [0, 0.05) is 5.92 Å². The van der Waals surface area contributed by atoms with Crippen LogP contribution >= 0.6 is 0 Å². The van der Waals surface area contributed by atoms with E-state index in [4.69, 9.17) is 14.2 Å². The van der Waals surface area contributed by atoms with E-state index >= 15 is 0 Å². The van der Waals surface area contributed by atoms with Gasteiger partial charge in [0.25, 0.3) is 0 Å². The summed E-state index contributed by atoms with van der Waals surface area (Å²) in [5.41, 5.74) is -0.463. The lowest BCUT2D eigenvalue weighted by molar-refractivity contribution is -0.134. The summed E-state index contributed by atoms with van der Waals surface area (Å²) in [6, 6.07) is 9.05. The average molecular weight is 461 g/mol. The van der Waals surface area contributed by atoms with Crippen molar-refractivity contribution in [1.29, 1.82) is 0 Å². The topological polar surface area (TPSA) is 85.4 Å². The standard InChI is InChI=1S/C25H36N2O6/c1-7-18(14-20-16-32-25(5,6)27(20)23(30)33-24(2,3)4)21(28)26-19(15-31-22(26)29)13-17-11-9-8-10-12-17/h8-12,18-20H,7,13-16H2,1-6H3/t18-,19-,20-/m0/s1. The van der Waals surface area contributed by atoms with Gasteiger partial charge in [-0.2, -0.15) is 0 Å². The monoisotopic (exact) mass is 460 g/mol. The van der Waals surface area contributed by atoms with Crippen molar-refractivity contribution in [3.8, 4) is 0 Å². The Morgan fingerprint density at radius 2 is 1.82 bits per heavy atom. The number of carbonyl (C=O) groups excluding carboxylic acids is 3. The van der Waals surface area contributed by atoms with Crippen LogP contribution in [0.15, 0.2) is 30.3 Å². The van der Waals surface area contributed by atoms with Crippen LogP contribution in [0.2, 0.25) is 0 Å². The van der Waals surface area contributed by atoms with E-state index in [0.29, 0.717) is 25.9 Å². The highest BCUT2D eigenvalue weighted by Gasteiger charge is 2.48. The van der Waals surface area contributed by atoms with Gasteiger partial charge in [-0.1, -0.05) is 37.3 Å². The fourth-order valence-corrected chi connectivity index (χ4v) is 4.47. The average Bonchev–Trinajstić information content (AvgIpc) is 3.23. The SMILES string of the molecule is CC[C@@H](C[C@H]1COC(C)(C)N1C(=O)OC(C)(C)C)C(=O)N1C(=O)OC[C@@H]1Cc1ccccc1. The third kappa shape index (κ3) is 5.85. The molecular formula is C25H36N2O6. The lowest BCUT2D eigenvalue weighted by Gasteiger charge is -2.36. The van der Waals surface area contributed by atoms with Crippen LogP contribution in [0.4, 0.5) is 9.59 Å². The van der Waals surface area contributed by atoms with E-state index in [1.54, 1.807) is 4.90 Å². The van der Waals surface area contributed by atoms with E-state index in [-0.39, 0.29) is 24.6 Å². The van der Waals surface area contributed by atoms with Crippen LogP contribution in [0.1, 0.15) is 59.9 Å². The van der Waals surface area contributed by atoms with E-state index in [1.807, 2.05) is 71.9 Å². The first-order valence-corrected chi connectivity index (χ1v) is 11.6. The first kappa shape index (κ1) is 25.0. The van der Waals surface area contributed by atoms with Gasteiger partial charge in [0.2, 0.25) is 5.91 Å². The molecule has 3 amide bonds. The molecule has 0 spiro atoms. The fourth-order valence-electron chi connectivity index (χ4n) is 4.47. The number of carbonyl (C=O) groups is 3. The van der Waals surface area contributed by atoms with Crippen molar-refractivity contribution in [1.82, 2.24) is 9.80 Å². The van der Waals surface area contributed by atoms with Crippen molar-refractivity contribution in [3.63, 3.8) is 0 Å². The maximum Gasteiger partial charge on any atom is 0.416 e. The molecule has 0 unspecified atom stereocenters. The molecular weight excluding hydrogens is 424 g/mol. The molecule has 2 saturated heterocycles. The van der Waals surface area contributed by atoms with Gasteiger partial charge in [0.15, 0.2) is 0 Å². The molecule has 0 bridgehead atoms. The summed E-state index contributed by atoms with van der Waals surface area (Å²) >= 11 is 0. The van der Waals surface area contributed by atoms with Crippen LogP contribution < -0.4 is 0 Å². The molecule has 182 valence electrons. The number of hydrogen-bond acceptors (Lipinski definition) is 6. The zero-order valence-corrected chi connectivity index (χ0v) is 20.5. The molecule has 33 heavy (non-hydrogen) atoms. The lowest BCUT2D eigenvalue weighted by atomic mass is 9.94. The van der Waals surface area contributed by atoms with Crippen molar-refractivity contribution in [2.24, 2.45) is 5.92 Å². The zero-order chi connectivity index (χ0) is 24.4. The third-order valence-corrected chi connectivity index (χ3v) is 6.08. The normalized spacial score (nSPS) is 23.4. The van der Waals surface area contributed by atoms with Crippen molar-refractivity contribution >= 4 is 18.1 Å². The molecule has 2 aliphatic heterocycles. The lowest BCUT2D eigenvalue weighted by Crippen LogP contribution is -2.51. The van der Waals surface area contributed by atoms with Gasteiger partial charge < -0.3 is 14.2 Å². The Balaban J connectivity index is 1.75. The summed E-state index contributed by atoms with van der Waals surface area (Å²) in [6.45, 7) is 11.5. The molecule has 3 rings (SSSR count). The maximum absolute atomic E-state index is 13.5. The minimum Gasteiger partial charge on any atom is -0.447 e. The van der Waals surface area contributed by atoms with Crippen molar-refractivity contribution < 1.29 is 28.6 Å². The number of imide groups is 1. The second-order valence-electron chi connectivity index (χ2n) is 10.2. The smallest absolute Gasteiger partial charge is 0.416 e.